The molecule has 0 saturated heterocycles. The molecular formula is C14H29N3O. The van der Waals surface area contributed by atoms with Crippen molar-refractivity contribution in [2.24, 2.45) is 5.73 Å². The van der Waals surface area contributed by atoms with Gasteiger partial charge >= 0.3 is 6.03 Å². The Balaban J connectivity index is 2.49. The number of carbonyl (C=O) groups is 1. The molecular weight excluding hydrogens is 226 g/mol. The summed E-state index contributed by atoms with van der Waals surface area (Å²) < 4.78 is 0. The van der Waals surface area contributed by atoms with Crippen molar-refractivity contribution in [1.82, 2.24) is 10.2 Å². The predicted molar refractivity (Wildman–Crippen MR) is 75.3 cm³/mol. The molecule has 0 radical (unpaired) electrons. The fraction of sp³-hybridized carbons (Fsp3) is 0.929. The first-order chi connectivity index (χ1) is 8.72. The molecule has 0 heterocycles. The molecule has 18 heavy (non-hydrogen) atoms. The number of nitrogens with two attached hydrogens (primary N) is 1. The van der Waals surface area contributed by atoms with Crippen molar-refractivity contribution in [3.8, 4) is 0 Å². The lowest BCUT2D eigenvalue weighted by Crippen LogP contribution is -2.51. The van der Waals surface area contributed by atoms with E-state index in [2.05, 4.69) is 19.2 Å². The van der Waals surface area contributed by atoms with Crippen LogP contribution in [-0.2, 0) is 0 Å². The Morgan fingerprint density at radius 2 is 2.00 bits per heavy atom. The first-order valence-corrected chi connectivity index (χ1v) is 7.50. The van der Waals surface area contributed by atoms with Crippen LogP contribution in [0.1, 0.15) is 65.2 Å². The Hall–Kier alpha value is -0.770. The van der Waals surface area contributed by atoms with E-state index in [0.29, 0.717) is 18.8 Å². The lowest BCUT2D eigenvalue weighted by molar-refractivity contribution is 0.153. The van der Waals surface area contributed by atoms with Crippen LogP contribution < -0.4 is 11.1 Å². The standard InChI is InChI=1S/C14H29N3O/c1-3-8-12(4-2)16-14(18)17(11-15)13-9-6-5-7-10-13/h12-13H,3-11,15H2,1-2H3,(H,16,18). The minimum Gasteiger partial charge on any atom is -0.335 e. The Morgan fingerprint density at radius 1 is 1.33 bits per heavy atom. The average Bonchev–Trinajstić information content (AvgIpc) is 2.40. The SMILES string of the molecule is CCCC(CC)NC(=O)N(CN)C1CCCCC1. The molecule has 0 bridgehead atoms. The Kier molecular flexibility index (Phi) is 7.09. The first kappa shape index (κ1) is 15.3. The smallest absolute Gasteiger partial charge is 0.318 e. The molecule has 1 atom stereocenters. The number of nitrogens with one attached hydrogen (secondary N) is 1. The molecule has 4 heteroatoms. The molecule has 0 aromatic heterocycles. The molecule has 0 aromatic carbocycles. The zero-order chi connectivity index (χ0) is 13.4. The van der Waals surface area contributed by atoms with Crippen molar-refractivity contribution in [2.45, 2.75) is 77.3 Å². The van der Waals surface area contributed by atoms with Gasteiger partial charge in [-0.2, -0.15) is 0 Å². The predicted octanol–water partition coefficient (Wildman–Crippen LogP) is 2.83. The van der Waals surface area contributed by atoms with Crippen LogP contribution in [0.3, 0.4) is 0 Å². The van der Waals surface area contributed by atoms with E-state index >= 15 is 0 Å². The molecule has 1 rings (SSSR count). The van der Waals surface area contributed by atoms with Gasteiger partial charge in [0, 0.05) is 12.1 Å². The summed E-state index contributed by atoms with van der Waals surface area (Å²) in [4.78, 5) is 14.1. The number of rotatable bonds is 6. The van der Waals surface area contributed by atoms with Crippen molar-refractivity contribution < 1.29 is 4.79 Å². The van der Waals surface area contributed by atoms with E-state index in [4.69, 9.17) is 5.73 Å². The van der Waals surface area contributed by atoms with Gasteiger partial charge < -0.3 is 16.0 Å². The van der Waals surface area contributed by atoms with Gasteiger partial charge in [-0.25, -0.2) is 4.79 Å². The number of urea groups is 1. The summed E-state index contributed by atoms with van der Waals surface area (Å²) in [5, 5.41) is 3.12. The van der Waals surface area contributed by atoms with Crippen molar-refractivity contribution in [3.05, 3.63) is 0 Å². The zero-order valence-electron chi connectivity index (χ0n) is 12.0. The van der Waals surface area contributed by atoms with Crippen LogP contribution >= 0.6 is 0 Å². The fourth-order valence-corrected chi connectivity index (χ4v) is 2.77. The summed E-state index contributed by atoms with van der Waals surface area (Å²) in [6.07, 6.45) is 9.09. The second-order valence-electron chi connectivity index (χ2n) is 5.29. The van der Waals surface area contributed by atoms with Crippen molar-refractivity contribution >= 4 is 6.03 Å². The second-order valence-corrected chi connectivity index (χ2v) is 5.29. The van der Waals surface area contributed by atoms with Crippen molar-refractivity contribution in [3.63, 3.8) is 0 Å². The van der Waals surface area contributed by atoms with Gasteiger partial charge in [-0.05, 0) is 25.7 Å². The molecule has 3 N–H and O–H groups in total. The maximum absolute atomic E-state index is 12.3. The van der Waals surface area contributed by atoms with Gasteiger partial charge in [0.2, 0.25) is 0 Å². The first-order valence-electron chi connectivity index (χ1n) is 7.50. The highest BCUT2D eigenvalue weighted by Crippen LogP contribution is 2.22. The molecule has 106 valence electrons. The van der Waals surface area contributed by atoms with Crippen molar-refractivity contribution in [2.75, 3.05) is 6.67 Å². The highest BCUT2D eigenvalue weighted by molar-refractivity contribution is 5.74. The normalized spacial score (nSPS) is 18.4. The van der Waals surface area contributed by atoms with Gasteiger partial charge in [0.1, 0.15) is 0 Å². The van der Waals surface area contributed by atoms with E-state index in [0.717, 1.165) is 32.1 Å². The van der Waals surface area contributed by atoms with Gasteiger partial charge in [0.15, 0.2) is 0 Å². The van der Waals surface area contributed by atoms with Crippen LogP contribution in [0.5, 0.6) is 0 Å². The van der Waals surface area contributed by atoms with Crippen LogP contribution in [0.2, 0.25) is 0 Å². The minimum atomic E-state index is 0.0321. The molecule has 0 aliphatic heterocycles. The zero-order valence-corrected chi connectivity index (χ0v) is 12.0. The second kappa shape index (κ2) is 8.35. The third-order valence-electron chi connectivity index (χ3n) is 3.93. The third kappa shape index (κ3) is 4.48. The van der Waals surface area contributed by atoms with E-state index in [1.165, 1.54) is 19.3 Å². The third-order valence-corrected chi connectivity index (χ3v) is 3.93. The van der Waals surface area contributed by atoms with E-state index in [-0.39, 0.29) is 6.03 Å². The number of hydrogen-bond donors (Lipinski definition) is 2. The van der Waals surface area contributed by atoms with Gasteiger partial charge in [0.05, 0.1) is 6.67 Å². The Labute approximate surface area is 111 Å². The molecule has 2 amide bonds. The molecule has 1 saturated carbocycles. The van der Waals surface area contributed by atoms with Gasteiger partial charge in [-0.15, -0.1) is 0 Å². The summed E-state index contributed by atoms with van der Waals surface area (Å²) in [7, 11) is 0. The minimum absolute atomic E-state index is 0.0321. The largest absolute Gasteiger partial charge is 0.335 e. The Bertz CT molecular complexity index is 239. The summed E-state index contributed by atoms with van der Waals surface area (Å²) >= 11 is 0. The maximum atomic E-state index is 12.3. The van der Waals surface area contributed by atoms with Gasteiger partial charge in [-0.3, -0.25) is 0 Å². The molecule has 1 unspecified atom stereocenters. The lowest BCUT2D eigenvalue weighted by atomic mass is 9.94. The quantitative estimate of drug-likeness (QED) is 0.717. The molecule has 1 aliphatic carbocycles. The summed E-state index contributed by atoms with van der Waals surface area (Å²) in [5.41, 5.74) is 5.76. The fourth-order valence-electron chi connectivity index (χ4n) is 2.77. The van der Waals surface area contributed by atoms with Crippen LogP contribution in [-0.4, -0.2) is 29.7 Å². The maximum Gasteiger partial charge on any atom is 0.318 e. The number of nitrogens with zero attached hydrogens (tertiary/aromatic N) is 1. The van der Waals surface area contributed by atoms with E-state index in [1.54, 1.807) is 0 Å². The van der Waals surface area contributed by atoms with Crippen LogP contribution in [0.4, 0.5) is 4.79 Å². The van der Waals surface area contributed by atoms with Crippen molar-refractivity contribution in [1.29, 1.82) is 0 Å². The molecule has 0 aromatic rings. The number of carbonyl (C=O) groups excluding carboxylic acids is 1. The molecule has 0 spiro atoms. The molecule has 4 nitrogen and oxygen atoms in total. The van der Waals surface area contributed by atoms with Gasteiger partial charge in [-0.1, -0.05) is 39.5 Å². The summed E-state index contributed by atoms with van der Waals surface area (Å²) in [6.45, 7) is 4.60. The molecule has 1 fully saturated rings. The van der Waals surface area contributed by atoms with Crippen LogP contribution in [0, 0.1) is 0 Å². The number of hydrogen-bond acceptors (Lipinski definition) is 2. The van der Waals surface area contributed by atoms with E-state index in [1.807, 2.05) is 4.90 Å². The summed E-state index contributed by atoms with van der Waals surface area (Å²) in [5.74, 6) is 0. The Morgan fingerprint density at radius 3 is 2.50 bits per heavy atom. The topological polar surface area (TPSA) is 58.4 Å². The van der Waals surface area contributed by atoms with Gasteiger partial charge in [0.25, 0.3) is 0 Å². The van der Waals surface area contributed by atoms with E-state index < -0.39 is 0 Å². The summed E-state index contributed by atoms with van der Waals surface area (Å²) in [6, 6.07) is 0.674. The van der Waals surface area contributed by atoms with Crippen LogP contribution in [0.15, 0.2) is 0 Å². The lowest BCUT2D eigenvalue weighted by Gasteiger charge is -2.34. The monoisotopic (exact) mass is 255 g/mol. The van der Waals surface area contributed by atoms with Crippen LogP contribution in [0.25, 0.3) is 0 Å². The highest BCUT2D eigenvalue weighted by atomic mass is 16.2. The number of amides is 2. The van der Waals surface area contributed by atoms with E-state index in [9.17, 15) is 4.79 Å². The molecule has 1 aliphatic rings. The average molecular weight is 255 g/mol. The highest BCUT2D eigenvalue weighted by Gasteiger charge is 2.25.